The van der Waals surface area contributed by atoms with E-state index >= 15 is 0 Å². The van der Waals surface area contributed by atoms with Crippen molar-refractivity contribution in [3.8, 4) is 0 Å². The molecule has 3 aromatic rings. The summed E-state index contributed by atoms with van der Waals surface area (Å²) in [5.74, 6) is 0.352. The molecule has 0 N–H and O–H groups in total. The lowest BCUT2D eigenvalue weighted by Gasteiger charge is -2.17. The molecule has 10 heteroatoms. The van der Waals surface area contributed by atoms with Gasteiger partial charge in [-0.25, -0.2) is 9.38 Å². The molecule has 0 radical (unpaired) electrons. The van der Waals surface area contributed by atoms with E-state index in [-0.39, 0.29) is 11.4 Å². The highest BCUT2D eigenvalue weighted by molar-refractivity contribution is 8.13. The van der Waals surface area contributed by atoms with Gasteiger partial charge in [-0.2, -0.15) is 4.98 Å². The number of hydrogen-bond donors (Lipinski definition) is 0. The number of thioether (sulfide) groups is 1. The summed E-state index contributed by atoms with van der Waals surface area (Å²) in [7, 11) is 0. The Kier molecular flexibility index (Phi) is 6.93. The number of amides is 1. The highest BCUT2D eigenvalue weighted by Crippen LogP contribution is 2.32. The summed E-state index contributed by atoms with van der Waals surface area (Å²) in [6, 6.07) is 11.0. The van der Waals surface area contributed by atoms with E-state index < -0.39 is 11.7 Å². The Labute approximate surface area is 198 Å². The van der Waals surface area contributed by atoms with Crippen LogP contribution in [0.4, 0.5) is 10.1 Å². The summed E-state index contributed by atoms with van der Waals surface area (Å²) in [4.78, 5) is 23.2. The highest BCUT2D eigenvalue weighted by atomic mass is 35.5. The minimum atomic E-state index is -0.533. The largest absolute Gasteiger partial charge is 0.339 e. The van der Waals surface area contributed by atoms with Crippen LogP contribution in [0.5, 0.6) is 0 Å². The number of aryl methyl sites for hydroxylation is 1. The van der Waals surface area contributed by atoms with Crippen molar-refractivity contribution < 1.29 is 13.7 Å². The molecule has 0 atom stereocenters. The molecule has 0 saturated heterocycles. The Hall–Kier alpha value is -2.68. The lowest BCUT2D eigenvalue weighted by Crippen LogP contribution is -2.31. The summed E-state index contributed by atoms with van der Waals surface area (Å²) in [6.07, 6.45) is 3.16. The molecule has 0 unspecified atom stereocenters. The number of halogens is 3. The molecule has 1 aliphatic heterocycles. The molecule has 0 fully saturated rings. The van der Waals surface area contributed by atoms with Crippen LogP contribution in [0, 0.1) is 5.82 Å². The van der Waals surface area contributed by atoms with Crippen molar-refractivity contribution in [2.24, 2.45) is 4.99 Å². The molecule has 1 aromatic heterocycles. The molecule has 6 nitrogen and oxygen atoms in total. The van der Waals surface area contributed by atoms with Crippen molar-refractivity contribution in [3.63, 3.8) is 0 Å². The molecular weight excluding hydrogens is 474 g/mol. The summed E-state index contributed by atoms with van der Waals surface area (Å²) in [6.45, 7) is 2.02. The van der Waals surface area contributed by atoms with Gasteiger partial charge in [0, 0.05) is 6.42 Å². The minimum Gasteiger partial charge on any atom is -0.339 e. The van der Waals surface area contributed by atoms with Crippen molar-refractivity contribution >= 4 is 57.8 Å². The maximum Gasteiger partial charge on any atom is 0.283 e. The van der Waals surface area contributed by atoms with Gasteiger partial charge in [0.25, 0.3) is 5.91 Å². The Balaban J connectivity index is 1.65. The lowest BCUT2D eigenvalue weighted by atomic mass is 10.2. The molecule has 4 rings (SSSR count). The van der Waals surface area contributed by atoms with Crippen LogP contribution in [0.15, 0.2) is 57.7 Å². The fourth-order valence-corrected chi connectivity index (χ4v) is 4.15. The maximum absolute atomic E-state index is 14.5. The quantitative estimate of drug-likeness (QED) is 0.387. The van der Waals surface area contributed by atoms with Gasteiger partial charge in [0.15, 0.2) is 11.0 Å². The summed E-state index contributed by atoms with van der Waals surface area (Å²) in [5, 5.41) is 5.03. The number of nitrogens with zero attached hydrogens (tertiary/aromatic N) is 4. The topological polar surface area (TPSA) is 71.6 Å². The zero-order chi connectivity index (χ0) is 22.7. The zero-order valence-corrected chi connectivity index (χ0v) is 19.2. The first kappa shape index (κ1) is 22.5. The smallest absolute Gasteiger partial charge is 0.283 e. The van der Waals surface area contributed by atoms with Gasteiger partial charge in [-0.1, -0.05) is 65.2 Å². The van der Waals surface area contributed by atoms with Gasteiger partial charge in [0.1, 0.15) is 11.5 Å². The number of para-hydroxylation sites is 1. The monoisotopic (exact) mass is 490 g/mol. The number of carbonyl (C=O) groups excluding carboxylic acids is 1. The summed E-state index contributed by atoms with van der Waals surface area (Å²) >= 11 is 13.3. The molecule has 0 bridgehead atoms. The van der Waals surface area contributed by atoms with Crippen molar-refractivity contribution in [2.75, 3.05) is 4.90 Å². The number of carbonyl (C=O) groups is 1. The van der Waals surface area contributed by atoms with Crippen molar-refractivity contribution in [3.05, 3.63) is 81.3 Å². The van der Waals surface area contributed by atoms with Crippen LogP contribution in [0.25, 0.3) is 6.08 Å². The molecule has 32 heavy (non-hydrogen) atoms. The van der Waals surface area contributed by atoms with Gasteiger partial charge in [0.2, 0.25) is 5.89 Å². The van der Waals surface area contributed by atoms with Crippen LogP contribution < -0.4 is 4.90 Å². The molecule has 164 valence electrons. The number of amidine groups is 1. The van der Waals surface area contributed by atoms with Gasteiger partial charge in [-0.05, 0) is 42.3 Å². The number of aliphatic imine (C=N–C) groups is 1. The fraction of sp³-hybridized carbons (Fsp3) is 0.182. The van der Waals surface area contributed by atoms with Crippen LogP contribution in [0.1, 0.15) is 30.6 Å². The van der Waals surface area contributed by atoms with Crippen LogP contribution in [0.2, 0.25) is 10.0 Å². The lowest BCUT2D eigenvalue weighted by molar-refractivity contribution is -0.113. The number of aromatic nitrogens is 2. The number of rotatable bonds is 6. The minimum absolute atomic E-state index is 0.112. The SMILES string of the molecule is CCCc1nc(CSC2=N/C(=C/c3ccc(Cl)c(Cl)c3)C(=O)N2c2ccccc2F)no1. The number of hydrogen-bond acceptors (Lipinski definition) is 6. The first-order valence-corrected chi connectivity index (χ1v) is 11.5. The van der Waals surface area contributed by atoms with Gasteiger partial charge < -0.3 is 4.52 Å². The third-order valence-electron chi connectivity index (χ3n) is 4.47. The predicted octanol–water partition coefficient (Wildman–Crippen LogP) is 6.15. The van der Waals surface area contributed by atoms with E-state index in [1.807, 2.05) is 6.92 Å². The van der Waals surface area contributed by atoms with E-state index in [0.29, 0.717) is 44.7 Å². The van der Waals surface area contributed by atoms with E-state index in [4.69, 9.17) is 27.7 Å². The van der Waals surface area contributed by atoms with Gasteiger partial charge in [-0.15, -0.1) is 0 Å². The van der Waals surface area contributed by atoms with Crippen LogP contribution in [-0.2, 0) is 17.0 Å². The van der Waals surface area contributed by atoms with Crippen LogP contribution in [-0.4, -0.2) is 21.2 Å². The molecule has 1 aliphatic rings. The third kappa shape index (κ3) is 4.87. The zero-order valence-electron chi connectivity index (χ0n) is 16.9. The van der Waals surface area contributed by atoms with E-state index in [0.717, 1.165) is 6.42 Å². The Morgan fingerprint density at radius 1 is 1.19 bits per heavy atom. The average molecular weight is 491 g/mol. The van der Waals surface area contributed by atoms with Gasteiger partial charge in [-0.3, -0.25) is 9.69 Å². The standard InChI is InChI=1S/C22H17Cl2FN4O2S/c1-2-5-20-27-19(28-31-20)12-32-22-26-17(11-13-8-9-14(23)15(24)10-13)21(30)29(22)18-7-4-3-6-16(18)25/h3-4,6-11H,2,5,12H2,1H3/b17-11+. The van der Waals surface area contributed by atoms with E-state index in [9.17, 15) is 9.18 Å². The first-order valence-electron chi connectivity index (χ1n) is 9.75. The third-order valence-corrected chi connectivity index (χ3v) is 6.15. The molecule has 1 amide bonds. The number of anilines is 1. The Morgan fingerprint density at radius 3 is 2.75 bits per heavy atom. The molecule has 2 aromatic carbocycles. The normalized spacial score (nSPS) is 15.0. The summed E-state index contributed by atoms with van der Waals surface area (Å²) < 4.78 is 19.7. The Morgan fingerprint density at radius 2 is 2.00 bits per heavy atom. The van der Waals surface area contributed by atoms with Gasteiger partial charge >= 0.3 is 0 Å². The highest BCUT2D eigenvalue weighted by Gasteiger charge is 2.33. The fourth-order valence-electron chi connectivity index (χ4n) is 2.99. The molecule has 0 spiro atoms. The van der Waals surface area contributed by atoms with Crippen LogP contribution in [0.3, 0.4) is 0 Å². The van der Waals surface area contributed by atoms with Crippen molar-refractivity contribution in [2.45, 2.75) is 25.5 Å². The molecule has 0 saturated carbocycles. The summed E-state index contributed by atoms with van der Waals surface area (Å²) in [5.41, 5.74) is 0.906. The van der Waals surface area contributed by atoms with Crippen molar-refractivity contribution in [1.82, 2.24) is 10.1 Å². The first-order chi connectivity index (χ1) is 15.5. The average Bonchev–Trinajstić information content (AvgIpc) is 3.34. The van der Waals surface area contributed by atoms with E-state index in [2.05, 4.69) is 15.1 Å². The maximum atomic E-state index is 14.5. The second-order valence-electron chi connectivity index (χ2n) is 6.83. The Bertz CT molecular complexity index is 1230. The number of benzene rings is 2. The molecule has 2 heterocycles. The predicted molar refractivity (Wildman–Crippen MR) is 125 cm³/mol. The van der Waals surface area contributed by atoms with Crippen molar-refractivity contribution in [1.29, 1.82) is 0 Å². The van der Waals surface area contributed by atoms with E-state index in [1.54, 1.807) is 36.4 Å². The molecule has 0 aliphatic carbocycles. The molecular formula is C22H17Cl2FN4O2S. The second kappa shape index (κ2) is 9.85. The van der Waals surface area contributed by atoms with Gasteiger partial charge in [0.05, 0.1) is 21.5 Å². The van der Waals surface area contributed by atoms with Crippen LogP contribution >= 0.6 is 35.0 Å². The second-order valence-corrected chi connectivity index (χ2v) is 8.59. The van der Waals surface area contributed by atoms with E-state index in [1.165, 1.54) is 28.8 Å².